The van der Waals surface area contributed by atoms with E-state index in [4.69, 9.17) is 4.84 Å². The van der Waals surface area contributed by atoms with Crippen LogP contribution in [0.3, 0.4) is 0 Å². The third kappa shape index (κ3) is 1.99. The van der Waals surface area contributed by atoms with Crippen molar-refractivity contribution in [1.82, 2.24) is 5.06 Å². The van der Waals surface area contributed by atoms with Crippen LogP contribution in [0.15, 0.2) is 42.0 Å². The van der Waals surface area contributed by atoms with E-state index in [2.05, 4.69) is 30.3 Å². The third-order valence-corrected chi connectivity index (χ3v) is 3.90. The van der Waals surface area contributed by atoms with E-state index >= 15 is 0 Å². The lowest BCUT2D eigenvalue weighted by Gasteiger charge is -2.24. The summed E-state index contributed by atoms with van der Waals surface area (Å²) in [7, 11) is 0. The van der Waals surface area contributed by atoms with E-state index in [1.54, 1.807) is 0 Å². The molecular formula is C15H19NO2. The molecule has 3 nitrogen and oxygen atoms in total. The Morgan fingerprint density at radius 1 is 1.50 bits per heavy atom. The average molecular weight is 245 g/mol. The largest absolute Gasteiger partial charge is 0.393 e. The number of aliphatic hydroxyl groups excluding tert-OH is 1. The number of hydrogen-bond acceptors (Lipinski definition) is 3. The number of rotatable bonds is 3. The highest BCUT2D eigenvalue weighted by Crippen LogP contribution is 2.49. The van der Waals surface area contributed by atoms with Crippen molar-refractivity contribution in [3.8, 4) is 0 Å². The fraction of sp³-hybridized carbons (Fsp3) is 0.467. The highest BCUT2D eigenvalue weighted by atomic mass is 16.9. The minimum atomic E-state index is -0.317. The topological polar surface area (TPSA) is 35.8 Å². The molecule has 0 spiro atoms. The molecule has 2 aliphatic heterocycles. The molecule has 1 aromatic carbocycles. The minimum Gasteiger partial charge on any atom is -0.393 e. The second-order valence-corrected chi connectivity index (χ2v) is 5.10. The predicted octanol–water partition coefficient (Wildman–Crippen LogP) is 2.27. The van der Waals surface area contributed by atoms with Gasteiger partial charge in [-0.2, -0.15) is 0 Å². The molecule has 0 radical (unpaired) electrons. The third-order valence-electron chi connectivity index (χ3n) is 3.90. The first-order valence-corrected chi connectivity index (χ1v) is 6.59. The SMILES string of the molecule is C/C=C(\Cc1ccccc1)C12CC(O)CCN1O2. The van der Waals surface area contributed by atoms with Gasteiger partial charge in [-0.3, -0.25) is 4.84 Å². The summed E-state index contributed by atoms with van der Waals surface area (Å²) in [4.78, 5) is 5.77. The van der Waals surface area contributed by atoms with E-state index in [1.807, 2.05) is 18.1 Å². The predicted molar refractivity (Wildman–Crippen MR) is 69.7 cm³/mol. The summed E-state index contributed by atoms with van der Waals surface area (Å²) in [6, 6.07) is 10.4. The number of benzene rings is 1. The molecule has 3 rings (SSSR count). The lowest BCUT2D eigenvalue weighted by Crippen LogP contribution is -2.34. The molecule has 2 heterocycles. The summed E-state index contributed by atoms with van der Waals surface area (Å²) < 4.78 is 0. The quantitative estimate of drug-likeness (QED) is 0.655. The maximum atomic E-state index is 9.85. The number of hydrogen-bond donors (Lipinski definition) is 1. The molecule has 2 aliphatic rings. The van der Waals surface area contributed by atoms with Crippen LogP contribution in [0.1, 0.15) is 25.3 Å². The van der Waals surface area contributed by atoms with Crippen molar-refractivity contribution in [3.63, 3.8) is 0 Å². The average Bonchev–Trinajstić information content (AvgIpc) is 3.11. The monoisotopic (exact) mass is 245 g/mol. The summed E-state index contributed by atoms with van der Waals surface area (Å²) in [5.74, 6) is 0. The normalized spacial score (nSPS) is 35.1. The second kappa shape index (κ2) is 4.50. The van der Waals surface area contributed by atoms with Crippen molar-refractivity contribution >= 4 is 0 Å². The lowest BCUT2D eigenvalue weighted by molar-refractivity contribution is 0.105. The number of piperidine rings is 1. The molecule has 3 heteroatoms. The van der Waals surface area contributed by atoms with Gasteiger partial charge >= 0.3 is 0 Å². The molecular weight excluding hydrogens is 226 g/mol. The number of aliphatic hydroxyl groups is 1. The van der Waals surface area contributed by atoms with Gasteiger partial charge < -0.3 is 5.11 Å². The Balaban J connectivity index is 1.78. The molecule has 1 N–H and O–H groups in total. The van der Waals surface area contributed by atoms with Gasteiger partial charge in [-0.1, -0.05) is 36.4 Å². The van der Waals surface area contributed by atoms with Gasteiger partial charge in [-0.15, -0.1) is 5.06 Å². The van der Waals surface area contributed by atoms with E-state index in [0.717, 1.165) is 19.4 Å². The summed E-state index contributed by atoms with van der Waals surface area (Å²) >= 11 is 0. The maximum Gasteiger partial charge on any atom is 0.189 e. The Labute approximate surface area is 108 Å². The molecule has 0 aliphatic carbocycles. The van der Waals surface area contributed by atoms with E-state index in [0.29, 0.717) is 6.42 Å². The van der Waals surface area contributed by atoms with Crippen molar-refractivity contribution in [2.75, 3.05) is 6.54 Å². The van der Waals surface area contributed by atoms with Crippen LogP contribution < -0.4 is 0 Å². The molecule has 0 bridgehead atoms. The standard InChI is InChI=1S/C15H19NO2/c1-2-13(10-12-6-4-3-5-7-12)15-11-14(17)8-9-16(15)18-15/h2-7,14,17H,8-11H2,1H3/b13-2+. The molecule has 3 unspecified atom stereocenters. The zero-order valence-electron chi connectivity index (χ0n) is 10.7. The minimum absolute atomic E-state index is 0.241. The molecule has 2 saturated heterocycles. The fourth-order valence-corrected chi connectivity index (χ4v) is 2.85. The van der Waals surface area contributed by atoms with Crippen LogP contribution in [0.4, 0.5) is 0 Å². The first-order valence-electron chi connectivity index (χ1n) is 6.59. The molecule has 0 amide bonds. The lowest BCUT2D eigenvalue weighted by atomic mass is 9.89. The fourth-order valence-electron chi connectivity index (χ4n) is 2.85. The number of hydroxylamine groups is 2. The zero-order valence-corrected chi connectivity index (χ0v) is 10.7. The van der Waals surface area contributed by atoms with Gasteiger partial charge in [-0.05, 0) is 30.9 Å². The molecule has 96 valence electrons. The first kappa shape index (κ1) is 11.9. The van der Waals surface area contributed by atoms with Crippen LogP contribution in [-0.2, 0) is 11.3 Å². The van der Waals surface area contributed by atoms with Crippen LogP contribution >= 0.6 is 0 Å². The summed E-state index contributed by atoms with van der Waals surface area (Å²) in [6.45, 7) is 2.88. The maximum absolute atomic E-state index is 9.85. The molecule has 1 aromatic rings. The van der Waals surface area contributed by atoms with E-state index < -0.39 is 0 Å². The molecule has 0 saturated carbocycles. The van der Waals surface area contributed by atoms with E-state index in [9.17, 15) is 5.11 Å². The van der Waals surface area contributed by atoms with Crippen molar-refractivity contribution in [1.29, 1.82) is 0 Å². The molecule has 2 fully saturated rings. The smallest absolute Gasteiger partial charge is 0.189 e. The van der Waals surface area contributed by atoms with Gasteiger partial charge in [0.1, 0.15) is 0 Å². The van der Waals surface area contributed by atoms with Gasteiger partial charge in [0.15, 0.2) is 5.72 Å². The van der Waals surface area contributed by atoms with Crippen molar-refractivity contribution < 1.29 is 9.94 Å². The van der Waals surface area contributed by atoms with Crippen molar-refractivity contribution in [2.45, 2.75) is 38.0 Å². The Morgan fingerprint density at radius 2 is 2.28 bits per heavy atom. The summed E-state index contributed by atoms with van der Waals surface area (Å²) in [6.07, 6.45) is 4.28. The van der Waals surface area contributed by atoms with Crippen LogP contribution in [0.2, 0.25) is 0 Å². The number of allylic oxidation sites excluding steroid dienone is 1. The number of fused-ring (bicyclic) bond motifs is 1. The van der Waals surface area contributed by atoms with Crippen molar-refractivity contribution in [3.05, 3.63) is 47.5 Å². The van der Waals surface area contributed by atoms with E-state index in [-0.39, 0.29) is 11.8 Å². The van der Waals surface area contributed by atoms with E-state index in [1.165, 1.54) is 11.1 Å². The van der Waals surface area contributed by atoms with Gasteiger partial charge in [0, 0.05) is 13.0 Å². The Bertz CT molecular complexity index is 457. The number of nitrogens with zero attached hydrogens (tertiary/aromatic N) is 1. The zero-order chi connectivity index (χ0) is 12.6. The van der Waals surface area contributed by atoms with Crippen LogP contribution in [0.25, 0.3) is 0 Å². The van der Waals surface area contributed by atoms with Gasteiger partial charge in [0.2, 0.25) is 0 Å². The van der Waals surface area contributed by atoms with Gasteiger partial charge in [0.05, 0.1) is 6.10 Å². The highest BCUT2D eigenvalue weighted by molar-refractivity contribution is 5.29. The molecule has 0 aromatic heterocycles. The van der Waals surface area contributed by atoms with Gasteiger partial charge in [-0.25, -0.2) is 0 Å². The van der Waals surface area contributed by atoms with Crippen molar-refractivity contribution in [2.24, 2.45) is 0 Å². The molecule has 3 atom stereocenters. The Kier molecular flexibility index (Phi) is 2.98. The van der Waals surface area contributed by atoms with Crippen LogP contribution in [0, 0.1) is 0 Å². The van der Waals surface area contributed by atoms with Gasteiger partial charge in [0.25, 0.3) is 0 Å². The summed E-state index contributed by atoms with van der Waals surface area (Å²) in [5.41, 5.74) is 2.23. The van der Waals surface area contributed by atoms with Crippen LogP contribution in [0.5, 0.6) is 0 Å². The highest BCUT2D eigenvalue weighted by Gasteiger charge is 2.60. The Hall–Kier alpha value is -1.16. The summed E-state index contributed by atoms with van der Waals surface area (Å²) in [5, 5.41) is 11.9. The Morgan fingerprint density at radius 3 is 3.00 bits per heavy atom. The molecule has 18 heavy (non-hydrogen) atoms. The first-order chi connectivity index (χ1) is 8.74. The van der Waals surface area contributed by atoms with Crippen LogP contribution in [-0.4, -0.2) is 28.5 Å². The second-order valence-electron chi connectivity index (χ2n) is 5.10.